The summed E-state index contributed by atoms with van der Waals surface area (Å²) in [5, 5.41) is 20.0. The number of fused-ring (bicyclic) bond motifs is 1. The van der Waals surface area contributed by atoms with Crippen LogP contribution < -0.4 is 0 Å². The molecule has 0 aliphatic carbocycles. The molecular weight excluding hydrogens is 338 g/mol. The Kier molecular flexibility index (Phi) is 5.22. The van der Waals surface area contributed by atoms with Gasteiger partial charge in [-0.3, -0.25) is 0 Å². The van der Waals surface area contributed by atoms with Gasteiger partial charge in [-0.1, -0.05) is 45.5 Å². The third-order valence-electron chi connectivity index (χ3n) is 4.50. The molecule has 1 aromatic heterocycles. The van der Waals surface area contributed by atoms with Crippen molar-refractivity contribution in [3.8, 4) is 11.4 Å². The number of phenols is 1. The second kappa shape index (κ2) is 7.43. The van der Waals surface area contributed by atoms with Gasteiger partial charge in [0.25, 0.3) is 0 Å². The van der Waals surface area contributed by atoms with Gasteiger partial charge in [0.05, 0.1) is 12.4 Å². The Balaban J connectivity index is 2.06. The molecule has 2 aromatic carbocycles. The van der Waals surface area contributed by atoms with E-state index in [0.717, 1.165) is 40.8 Å². The molecule has 0 saturated carbocycles. The zero-order valence-electron chi connectivity index (χ0n) is 16.5. The van der Waals surface area contributed by atoms with Crippen LogP contribution in [0.2, 0.25) is 0 Å². The number of aromatic hydroxyl groups is 1. The molecular formula is C22H27N3O2. The number of aromatic nitrogens is 3. The lowest BCUT2D eigenvalue weighted by molar-refractivity contribution is 0.220. The third kappa shape index (κ3) is 4.13. The number of rotatable bonds is 6. The van der Waals surface area contributed by atoms with Gasteiger partial charge in [-0.2, -0.15) is 0 Å². The molecule has 0 bridgehead atoms. The van der Waals surface area contributed by atoms with Gasteiger partial charge in [0.1, 0.15) is 22.5 Å². The Labute approximate surface area is 160 Å². The van der Waals surface area contributed by atoms with Crippen LogP contribution in [0.3, 0.4) is 0 Å². The number of hydrogen-bond acceptors (Lipinski definition) is 4. The summed E-state index contributed by atoms with van der Waals surface area (Å²) < 4.78 is 5.47. The Morgan fingerprint density at radius 1 is 1.15 bits per heavy atom. The summed E-state index contributed by atoms with van der Waals surface area (Å²) in [6, 6.07) is 11.7. The van der Waals surface area contributed by atoms with Gasteiger partial charge in [-0.15, -0.1) is 15.0 Å². The number of aryl methyl sites for hydroxylation is 1. The monoisotopic (exact) mass is 365 g/mol. The topological polar surface area (TPSA) is 60.2 Å². The van der Waals surface area contributed by atoms with Gasteiger partial charge >= 0.3 is 0 Å². The number of allylic oxidation sites excluding steroid dienone is 1. The molecule has 5 heteroatoms. The minimum Gasteiger partial charge on any atom is -0.505 e. The highest BCUT2D eigenvalue weighted by molar-refractivity contribution is 5.73. The fourth-order valence-electron chi connectivity index (χ4n) is 3.07. The van der Waals surface area contributed by atoms with E-state index in [1.807, 2.05) is 37.3 Å². The van der Waals surface area contributed by atoms with Crippen LogP contribution in [0.25, 0.3) is 16.7 Å². The van der Waals surface area contributed by atoms with Crippen molar-refractivity contribution in [2.45, 2.75) is 46.0 Å². The number of benzene rings is 2. The number of nitrogens with zero attached hydrogens (tertiary/aromatic N) is 3. The molecule has 3 aromatic rings. The van der Waals surface area contributed by atoms with Gasteiger partial charge in [-0.25, -0.2) is 0 Å². The van der Waals surface area contributed by atoms with Crippen molar-refractivity contribution < 1.29 is 9.84 Å². The molecule has 0 saturated heterocycles. The lowest BCUT2D eigenvalue weighted by Gasteiger charge is -2.23. The summed E-state index contributed by atoms with van der Waals surface area (Å²) in [4.78, 5) is 1.52. The highest BCUT2D eigenvalue weighted by Crippen LogP contribution is 2.36. The standard InChI is InChI=1S/C22H27N3O2/c1-6-27-15(2)11-12-16-13-17(22(3,4)5)21(26)20(14-16)25-23-18-9-7-8-10-19(18)24-25/h7-10,13-14,26H,2,6,11-12H2,1,3-5H3. The number of ether oxygens (including phenoxy) is 1. The molecule has 5 nitrogen and oxygen atoms in total. The molecule has 0 unspecified atom stereocenters. The summed E-state index contributed by atoms with van der Waals surface area (Å²) in [6.07, 6.45) is 1.51. The summed E-state index contributed by atoms with van der Waals surface area (Å²) in [6.45, 7) is 12.8. The second-order valence-corrected chi connectivity index (χ2v) is 7.71. The minimum absolute atomic E-state index is 0.210. The van der Waals surface area contributed by atoms with Gasteiger partial charge < -0.3 is 9.84 Å². The Bertz CT molecular complexity index is 934. The molecule has 1 N–H and O–H groups in total. The normalized spacial score (nSPS) is 11.7. The van der Waals surface area contributed by atoms with Crippen molar-refractivity contribution in [3.05, 3.63) is 59.9 Å². The van der Waals surface area contributed by atoms with Crippen LogP contribution >= 0.6 is 0 Å². The maximum atomic E-state index is 10.9. The fraction of sp³-hybridized carbons (Fsp3) is 0.364. The molecule has 0 amide bonds. The zero-order valence-corrected chi connectivity index (χ0v) is 16.5. The average Bonchev–Trinajstić information content (AvgIpc) is 3.04. The Morgan fingerprint density at radius 2 is 1.78 bits per heavy atom. The van der Waals surface area contributed by atoms with Crippen LogP contribution in [0, 0.1) is 0 Å². The Morgan fingerprint density at radius 3 is 2.33 bits per heavy atom. The van der Waals surface area contributed by atoms with Crippen LogP contribution in [0.4, 0.5) is 0 Å². The van der Waals surface area contributed by atoms with Crippen molar-refractivity contribution in [1.82, 2.24) is 15.0 Å². The first-order chi connectivity index (χ1) is 12.8. The summed E-state index contributed by atoms with van der Waals surface area (Å²) >= 11 is 0. The summed E-state index contributed by atoms with van der Waals surface area (Å²) in [5.41, 5.74) is 3.94. The zero-order chi connectivity index (χ0) is 19.6. The second-order valence-electron chi connectivity index (χ2n) is 7.71. The molecule has 27 heavy (non-hydrogen) atoms. The Hall–Kier alpha value is -2.82. The molecule has 0 radical (unpaired) electrons. The van der Waals surface area contributed by atoms with E-state index >= 15 is 0 Å². The minimum atomic E-state index is -0.210. The molecule has 0 aliphatic rings. The first-order valence-corrected chi connectivity index (χ1v) is 9.29. The first-order valence-electron chi connectivity index (χ1n) is 9.29. The highest BCUT2D eigenvalue weighted by Gasteiger charge is 2.23. The predicted octanol–water partition coefficient (Wildman–Crippen LogP) is 4.91. The van der Waals surface area contributed by atoms with E-state index < -0.39 is 0 Å². The smallest absolute Gasteiger partial charge is 0.146 e. The maximum Gasteiger partial charge on any atom is 0.146 e. The predicted molar refractivity (Wildman–Crippen MR) is 108 cm³/mol. The van der Waals surface area contributed by atoms with Crippen LogP contribution in [-0.2, 0) is 16.6 Å². The van der Waals surface area contributed by atoms with Crippen molar-refractivity contribution >= 4 is 11.0 Å². The molecule has 3 rings (SSSR count). The molecule has 0 atom stereocenters. The maximum absolute atomic E-state index is 10.9. The van der Waals surface area contributed by atoms with Crippen molar-refractivity contribution in [2.24, 2.45) is 0 Å². The van der Waals surface area contributed by atoms with Gasteiger partial charge in [0, 0.05) is 12.0 Å². The van der Waals surface area contributed by atoms with E-state index in [4.69, 9.17) is 4.74 Å². The van der Waals surface area contributed by atoms with Crippen molar-refractivity contribution in [1.29, 1.82) is 0 Å². The van der Waals surface area contributed by atoms with E-state index in [1.54, 1.807) is 0 Å². The lowest BCUT2D eigenvalue weighted by atomic mass is 9.84. The van der Waals surface area contributed by atoms with E-state index in [1.165, 1.54) is 4.80 Å². The van der Waals surface area contributed by atoms with Crippen LogP contribution in [0.5, 0.6) is 5.75 Å². The van der Waals surface area contributed by atoms with E-state index in [9.17, 15) is 5.11 Å². The van der Waals surface area contributed by atoms with Gasteiger partial charge in [0.2, 0.25) is 0 Å². The third-order valence-corrected chi connectivity index (χ3v) is 4.50. The molecule has 0 spiro atoms. The molecule has 0 fully saturated rings. The van der Waals surface area contributed by atoms with Gasteiger partial charge in [0.15, 0.2) is 0 Å². The van der Waals surface area contributed by atoms with E-state index in [-0.39, 0.29) is 11.2 Å². The SMILES string of the molecule is C=C(CCc1cc(-n2nc3ccccc3n2)c(O)c(C(C)(C)C)c1)OCC. The molecule has 0 aliphatic heterocycles. The number of hydrogen-bond donors (Lipinski definition) is 1. The fourth-order valence-corrected chi connectivity index (χ4v) is 3.07. The quantitative estimate of drug-likeness (QED) is 0.631. The average molecular weight is 365 g/mol. The van der Waals surface area contributed by atoms with Crippen LogP contribution in [0.15, 0.2) is 48.7 Å². The van der Waals surface area contributed by atoms with E-state index in [2.05, 4.69) is 43.6 Å². The van der Waals surface area contributed by atoms with Crippen LogP contribution in [0.1, 0.15) is 45.2 Å². The summed E-state index contributed by atoms with van der Waals surface area (Å²) in [5.74, 6) is 0.988. The van der Waals surface area contributed by atoms with Crippen molar-refractivity contribution in [3.63, 3.8) is 0 Å². The first kappa shape index (κ1) is 19.0. The lowest BCUT2D eigenvalue weighted by Crippen LogP contribution is -2.14. The van der Waals surface area contributed by atoms with Crippen LogP contribution in [-0.4, -0.2) is 26.7 Å². The van der Waals surface area contributed by atoms with E-state index in [0.29, 0.717) is 12.3 Å². The van der Waals surface area contributed by atoms with Crippen molar-refractivity contribution in [2.75, 3.05) is 6.61 Å². The highest BCUT2D eigenvalue weighted by atomic mass is 16.5. The summed E-state index contributed by atoms with van der Waals surface area (Å²) in [7, 11) is 0. The number of phenolic OH excluding ortho intramolecular Hbond substituents is 1. The van der Waals surface area contributed by atoms with Gasteiger partial charge in [-0.05, 0) is 42.5 Å². The molecule has 142 valence electrons. The molecule has 1 heterocycles. The largest absolute Gasteiger partial charge is 0.505 e.